The first-order chi connectivity index (χ1) is 8.88. The van der Waals surface area contributed by atoms with E-state index in [0.29, 0.717) is 18.4 Å². The Morgan fingerprint density at radius 1 is 1.45 bits per heavy atom. The number of halogens is 2. The molecule has 1 aliphatic rings. The molecule has 20 heavy (non-hydrogen) atoms. The van der Waals surface area contributed by atoms with Crippen molar-refractivity contribution < 1.29 is 17.6 Å². The van der Waals surface area contributed by atoms with Gasteiger partial charge in [0.05, 0.1) is 11.3 Å². The normalized spacial score (nSPS) is 16.1. The molecule has 1 aromatic rings. The zero-order valence-electron chi connectivity index (χ0n) is 10.6. The van der Waals surface area contributed by atoms with Gasteiger partial charge in [0, 0.05) is 0 Å². The van der Waals surface area contributed by atoms with Gasteiger partial charge in [0.2, 0.25) is 10.0 Å². The molecule has 1 fully saturated rings. The summed E-state index contributed by atoms with van der Waals surface area (Å²) in [7, 11) is -3.59. The van der Waals surface area contributed by atoms with E-state index >= 15 is 0 Å². The molecular formula is C12H16ClFN2O3S. The first-order valence-electron chi connectivity index (χ1n) is 5.94. The van der Waals surface area contributed by atoms with Crippen LogP contribution in [0.5, 0.6) is 0 Å². The van der Waals surface area contributed by atoms with Crippen molar-refractivity contribution in [3.05, 3.63) is 35.6 Å². The summed E-state index contributed by atoms with van der Waals surface area (Å²) in [6, 6.07) is 4.67. The third-order valence-electron chi connectivity index (χ3n) is 2.89. The fraction of sp³-hybridized carbons (Fsp3) is 0.417. The molecular weight excluding hydrogens is 307 g/mol. The average molecular weight is 323 g/mol. The molecule has 1 amide bonds. The monoisotopic (exact) mass is 322 g/mol. The Morgan fingerprint density at radius 3 is 2.65 bits per heavy atom. The summed E-state index contributed by atoms with van der Waals surface area (Å²) in [5.41, 5.74) is 6.18. The molecule has 8 heteroatoms. The maximum Gasteiger partial charge on any atom is 0.250 e. The van der Waals surface area contributed by atoms with Gasteiger partial charge in [-0.05, 0) is 37.0 Å². The molecule has 0 spiro atoms. The highest BCUT2D eigenvalue weighted by Gasteiger charge is 2.37. The third-order valence-corrected chi connectivity index (χ3v) is 4.72. The molecule has 0 saturated heterocycles. The van der Waals surface area contributed by atoms with Crippen molar-refractivity contribution in [1.82, 2.24) is 4.72 Å². The fourth-order valence-corrected chi connectivity index (χ4v) is 3.04. The predicted octanol–water partition coefficient (Wildman–Crippen LogP) is 0.726. The number of amides is 1. The van der Waals surface area contributed by atoms with Crippen LogP contribution in [-0.2, 0) is 21.2 Å². The SMILES string of the molecule is Cl.N[C@@H](Cc1cccc(F)c1)C(=O)NS(=O)(=O)C1CC1. The smallest absolute Gasteiger partial charge is 0.250 e. The zero-order chi connectivity index (χ0) is 14.0. The second kappa shape index (κ2) is 6.51. The van der Waals surface area contributed by atoms with Crippen molar-refractivity contribution in [2.24, 2.45) is 5.73 Å². The molecule has 0 radical (unpaired) electrons. The van der Waals surface area contributed by atoms with E-state index in [1.165, 1.54) is 18.2 Å². The minimum Gasteiger partial charge on any atom is -0.320 e. The molecule has 1 aliphatic carbocycles. The second-order valence-corrected chi connectivity index (χ2v) is 6.61. The van der Waals surface area contributed by atoms with Crippen molar-refractivity contribution in [3.8, 4) is 0 Å². The Morgan fingerprint density at radius 2 is 2.10 bits per heavy atom. The quantitative estimate of drug-likeness (QED) is 0.836. The zero-order valence-corrected chi connectivity index (χ0v) is 12.2. The first kappa shape index (κ1) is 16.9. The Kier molecular flexibility index (Phi) is 5.50. The molecule has 0 unspecified atom stereocenters. The minimum atomic E-state index is -3.59. The van der Waals surface area contributed by atoms with Gasteiger partial charge in [-0.2, -0.15) is 0 Å². The predicted molar refractivity (Wildman–Crippen MR) is 75.4 cm³/mol. The van der Waals surface area contributed by atoms with Crippen LogP contribution < -0.4 is 10.5 Å². The Hall–Kier alpha value is -1.18. The molecule has 112 valence electrons. The maximum atomic E-state index is 13.0. The van der Waals surface area contributed by atoms with E-state index in [1.807, 2.05) is 4.72 Å². The number of carbonyl (C=O) groups is 1. The summed E-state index contributed by atoms with van der Waals surface area (Å²) in [5, 5.41) is -0.474. The lowest BCUT2D eigenvalue weighted by Crippen LogP contribution is -2.45. The van der Waals surface area contributed by atoms with Crippen LogP contribution >= 0.6 is 12.4 Å². The van der Waals surface area contributed by atoms with Crippen LogP contribution in [0.2, 0.25) is 0 Å². The Labute approximate surface area is 123 Å². The topological polar surface area (TPSA) is 89.3 Å². The lowest BCUT2D eigenvalue weighted by atomic mass is 10.1. The fourth-order valence-electron chi connectivity index (χ4n) is 1.69. The van der Waals surface area contributed by atoms with Gasteiger partial charge in [-0.1, -0.05) is 12.1 Å². The molecule has 2 rings (SSSR count). The summed E-state index contributed by atoms with van der Waals surface area (Å²) in [6.07, 6.45) is 1.23. The van der Waals surface area contributed by atoms with E-state index in [0.717, 1.165) is 0 Å². The molecule has 0 aliphatic heterocycles. The van der Waals surface area contributed by atoms with Gasteiger partial charge < -0.3 is 5.73 Å². The molecule has 3 N–H and O–H groups in total. The number of nitrogens with two attached hydrogens (primary N) is 1. The maximum absolute atomic E-state index is 13.0. The number of benzene rings is 1. The van der Waals surface area contributed by atoms with Gasteiger partial charge in [0.1, 0.15) is 5.82 Å². The van der Waals surface area contributed by atoms with Gasteiger partial charge in [0.15, 0.2) is 0 Å². The summed E-state index contributed by atoms with van der Waals surface area (Å²) in [4.78, 5) is 11.7. The summed E-state index contributed by atoms with van der Waals surface area (Å²) in [6.45, 7) is 0. The van der Waals surface area contributed by atoms with E-state index < -0.39 is 33.0 Å². The van der Waals surface area contributed by atoms with Crippen molar-refractivity contribution in [2.75, 3.05) is 0 Å². The lowest BCUT2D eigenvalue weighted by molar-refractivity contribution is -0.120. The van der Waals surface area contributed by atoms with Crippen LogP contribution in [0, 0.1) is 5.82 Å². The second-order valence-electron chi connectivity index (χ2n) is 4.65. The molecule has 0 bridgehead atoms. The molecule has 0 aromatic heterocycles. The first-order valence-corrected chi connectivity index (χ1v) is 7.48. The summed E-state index contributed by atoms with van der Waals surface area (Å²) >= 11 is 0. The standard InChI is InChI=1S/C12H15FN2O3S.ClH/c13-9-3-1-2-8(6-9)7-11(14)12(16)15-19(17,18)10-4-5-10;/h1-3,6,10-11H,4-5,7,14H2,(H,15,16);1H/t11-;/m0./s1. The largest absolute Gasteiger partial charge is 0.320 e. The minimum absolute atomic E-state index is 0. The number of carbonyl (C=O) groups excluding carboxylic acids is 1. The highest BCUT2D eigenvalue weighted by Crippen LogP contribution is 2.27. The highest BCUT2D eigenvalue weighted by molar-refractivity contribution is 7.90. The van der Waals surface area contributed by atoms with Crippen molar-refractivity contribution in [1.29, 1.82) is 0 Å². The van der Waals surface area contributed by atoms with Gasteiger partial charge in [0.25, 0.3) is 5.91 Å². The van der Waals surface area contributed by atoms with Gasteiger partial charge >= 0.3 is 0 Å². The van der Waals surface area contributed by atoms with E-state index in [2.05, 4.69) is 0 Å². The lowest BCUT2D eigenvalue weighted by Gasteiger charge is -2.12. The number of nitrogens with one attached hydrogen (secondary N) is 1. The summed E-state index contributed by atoms with van der Waals surface area (Å²) in [5.74, 6) is -1.17. The van der Waals surface area contributed by atoms with Crippen LogP contribution in [0.4, 0.5) is 4.39 Å². The van der Waals surface area contributed by atoms with Gasteiger partial charge in [-0.15, -0.1) is 12.4 Å². The van der Waals surface area contributed by atoms with E-state index in [4.69, 9.17) is 5.73 Å². The molecule has 1 atom stereocenters. The van der Waals surface area contributed by atoms with Crippen LogP contribution in [-0.4, -0.2) is 25.6 Å². The molecule has 0 heterocycles. The third kappa shape index (κ3) is 4.43. The molecule has 1 aromatic carbocycles. The number of hydrogen-bond donors (Lipinski definition) is 2. The Bertz CT molecular complexity index is 590. The van der Waals surface area contributed by atoms with E-state index in [9.17, 15) is 17.6 Å². The number of rotatable bonds is 5. The van der Waals surface area contributed by atoms with Crippen LogP contribution in [0.25, 0.3) is 0 Å². The van der Waals surface area contributed by atoms with Gasteiger partial charge in [-0.3, -0.25) is 9.52 Å². The van der Waals surface area contributed by atoms with Crippen LogP contribution in [0.15, 0.2) is 24.3 Å². The van der Waals surface area contributed by atoms with Gasteiger partial charge in [-0.25, -0.2) is 12.8 Å². The Balaban J connectivity index is 0.00000200. The van der Waals surface area contributed by atoms with Crippen LogP contribution in [0.3, 0.4) is 0 Å². The number of hydrogen-bond acceptors (Lipinski definition) is 4. The van der Waals surface area contributed by atoms with Crippen molar-refractivity contribution in [2.45, 2.75) is 30.6 Å². The summed E-state index contributed by atoms with van der Waals surface area (Å²) < 4.78 is 38.1. The molecule has 1 saturated carbocycles. The van der Waals surface area contributed by atoms with E-state index in [-0.39, 0.29) is 18.8 Å². The van der Waals surface area contributed by atoms with Crippen molar-refractivity contribution >= 4 is 28.3 Å². The van der Waals surface area contributed by atoms with Crippen molar-refractivity contribution in [3.63, 3.8) is 0 Å². The highest BCUT2D eigenvalue weighted by atomic mass is 35.5. The number of sulfonamides is 1. The van der Waals surface area contributed by atoms with Crippen LogP contribution in [0.1, 0.15) is 18.4 Å². The van der Waals surface area contributed by atoms with E-state index in [1.54, 1.807) is 6.07 Å². The molecule has 5 nitrogen and oxygen atoms in total. The average Bonchev–Trinajstić information content (AvgIpc) is 3.12.